The number of piperazine rings is 1. The lowest BCUT2D eigenvalue weighted by Crippen LogP contribution is -2.66. The number of fused-ring (bicyclic) bond motifs is 1. The first-order valence-electron chi connectivity index (χ1n) is 12.5. The number of amides is 2. The molecule has 8 nitrogen and oxygen atoms in total. The van der Waals surface area contributed by atoms with Crippen LogP contribution in [0.2, 0.25) is 0 Å². The summed E-state index contributed by atoms with van der Waals surface area (Å²) in [7, 11) is 3.21. The highest BCUT2D eigenvalue weighted by Crippen LogP contribution is 2.39. The third-order valence-electron chi connectivity index (χ3n) is 7.51. The highest BCUT2D eigenvalue weighted by molar-refractivity contribution is 5.69. The van der Waals surface area contributed by atoms with Crippen LogP contribution in [-0.2, 0) is 14.3 Å². The Labute approximate surface area is 194 Å². The molecule has 0 aromatic carbocycles. The third kappa shape index (κ3) is 7.06. The van der Waals surface area contributed by atoms with Crippen LogP contribution in [0.5, 0.6) is 0 Å². The molecule has 2 aliphatic heterocycles. The van der Waals surface area contributed by atoms with Crippen LogP contribution in [0.25, 0.3) is 0 Å². The number of carbonyl (C=O) groups excluding carboxylic acids is 2. The number of hydrogen-bond acceptors (Lipinski definition) is 6. The van der Waals surface area contributed by atoms with E-state index in [-0.39, 0.29) is 24.2 Å². The van der Waals surface area contributed by atoms with Crippen LogP contribution in [0.3, 0.4) is 0 Å². The van der Waals surface area contributed by atoms with Gasteiger partial charge in [0.2, 0.25) is 6.41 Å². The Hall–Kier alpha value is -1.38. The van der Waals surface area contributed by atoms with E-state index in [1.807, 2.05) is 16.7 Å². The molecule has 2 saturated heterocycles. The van der Waals surface area contributed by atoms with Crippen molar-refractivity contribution in [2.45, 2.75) is 83.5 Å². The van der Waals surface area contributed by atoms with E-state index in [2.05, 4.69) is 24.5 Å². The van der Waals surface area contributed by atoms with E-state index in [1.54, 1.807) is 7.11 Å². The molecule has 0 spiro atoms. The first-order chi connectivity index (χ1) is 15.5. The molecule has 2 amide bonds. The first kappa shape index (κ1) is 26.9. The van der Waals surface area contributed by atoms with Crippen LogP contribution < -0.4 is 10.6 Å². The zero-order valence-corrected chi connectivity index (χ0v) is 20.8. The zero-order chi connectivity index (χ0) is 23.5. The Balaban J connectivity index is 0.000000380. The molecule has 1 saturated carbocycles. The number of carbonyl (C=O) groups is 2. The summed E-state index contributed by atoms with van der Waals surface area (Å²) >= 11 is 0. The summed E-state index contributed by atoms with van der Waals surface area (Å²) in [6, 6.07) is 0.204. The van der Waals surface area contributed by atoms with Crippen molar-refractivity contribution in [3.8, 4) is 0 Å². The minimum atomic E-state index is -0.263. The molecule has 6 unspecified atom stereocenters. The fourth-order valence-corrected chi connectivity index (χ4v) is 5.66. The van der Waals surface area contributed by atoms with Crippen molar-refractivity contribution in [2.75, 3.05) is 46.9 Å². The molecule has 3 rings (SSSR count). The van der Waals surface area contributed by atoms with Crippen molar-refractivity contribution in [3.05, 3.63) is 0 Å². The van der Waals surface area contributed by atoms with Crippen molar-refractivity contribution in [1.29, 1.82) is 0 Å². The Morgan fingerprint density at radius 1 is 1.22 bits per heavy atom. The molecule has 3 fully saturated rings. The minimum absolute atomic E-state index is 0.00387. The lowest BCUT2D eigenvalue weighted by Gasteiger charge is -2.53. The third-order valence-corrected chi connectivity index (χ3v) is 7.51. The molecule has 0 aromatic heterocycles. The van der Waals surface area contributed by atoms with Gasteiger partial charge >= 0.3 is 6.09 Å². The number of nitrogens with zero attached hydrogens (tertiary/aromatic N) is 2. The van der Waals surface area contributed by atoms with Gasteiger partial charge < -0.3 is 25.0 Å². The summed E-state index contributed by atoms with van der Waals surface area (Å²) in [6.45, 7) is 11.2. The lowest BCUT2D eigenvalue weighted by molar-refractivity contribution is -0.129. The number of hydrogen-bond donors (Lipinski definition) is 2. The quantitative estimate of drug-likeness (QED) is 0.575. The number of methoxy groups -OCH3 is 2. The summed E-state index contributed by atoms with van der Waals surface area (Å²) in [6.07, 6.45) is 7.85. The van der Waals surface area contributed by atoms with Crippen LogP contribution in [0.4, 0.5) is 4.79 Å². The molecule has 2 N–H and O–H groups in total. The number of piperidine rings is 1. The summed E-state index contributed by atoms with van der Waals surface area (Å²) in [4.78, 5) is 27.6. The highest BCUT2D eigenvalue weighted by atomic mass is 16.5. The van der Waals surface area contributed by atoms with Gasteiger partial charge in [-0.05, 0) is 70.5 Å². The summed E-state index contributed by atoms with van der Waals surface area (Å²) in [5, 5.41) is 6.73. The predicted octanol–water partition coefficient (Wildman–Crippen LogP) is 2.47. The van der Waals surface area contributed by atoms with Crippen molar-refractivity contribution in [1.82, 2.24) is 20.4 Å². The van der Waals surface area contributed by atoms with Crippen molar-refractivity contribution in [2.24, 2.45) is 11.8 Å². The number of rotatable bonds is 7. The van der Waals surface area contributed by atoms with Gasteiger partial charge in [-0.15, -0.1) is 0 Å². The predicted molar refractivity (Wildman–Crippen MR) is 127 cm³/mol. The zero-order valence-electron chi connectivity index (χ0n) is 20.8. The SMILES string of the molecule is CCNCC(CC)C1CCC2C(C1)N(C=O)CC(C)N2C(=O)OC.COC1CCCNC1. The fraction of sp³-hybridized carbons (Fsp3) is 0.917. The van der Waals surface area contributed by atoms with E-state index in [0.717, 1.165) is 51.7 Å². The highest BCUT2D eigenvalue weighted by Gasteiger charge is 2.46. The maximum Gasteiger partial charge on any atom is 0.410 e. The fourth-order valence-electron chi connectivity index (χ4n) is 5.66. The van der Waals surface area contributed by atoms with Gasteiger partial charge in [0, 0.05) is 20.2 Å². The smallest absolute Gasteiger partial charge is 0.410 e. The molecule has 6 atom stereocenters. The average Bonchev–Trinajstić information content (AvgIpc) is 2.84. The average molecular weight is 455 g/mol. The number of nitrogens with one attached hydrogen (secondary N) is 2. The largest absolute Gasteiger partial charge is 0.453 e. The standard InChI is InChI=1S/C18H33N3O3.C6H13NO/c1-5-14(10-19-6-2)15-7-8-16-17(9-15)20(12-22)11-13(3)21(16)18(23)24-4;1-8-6-3-2-4-7-5-6/h12-17,19H,5-11H2,1-4H3;6-7H,2-5H2,1H3. The summed E-state index contributed by atoms with van der Waals surface area (Å²) < 4.78 is 10.1. The van der Waals surface area contributed by atoms with Gasteiger partial charge in [-0.3, -0.25) is 9.69 Å². The maximum absolute atomic E-state index is 12.2. The van der Waals surface area contributed by atoms with E-state index in [9.17, 15) is 9.59 Å². The van der Waals surface area contributed by atoms with E-state index in [0.29, 0.717) is 24.5 Å². The Bertz CT molecular complexity index is 558. The molecule has 1 aliphatic carbocycles. The normalized spacial score (nSPS) is 31.1. The molecular weight excluding hydrogens is 408 g/mol. The minimum Gasteiger partial charge on any atom is -0.453 e. The molecule has 0 aromatic rings. The molecule has 2 heterocycles. The van der Waals surface area contributed by atoms with Crippen LogP contribution in [-0.4, -0.2) is 93.5 Å². The van der Waals surface area contributed by atoms with Crippen molar-refractivity contribution in [3.63, 3.8) is 0 Å². The van der Waals surface area contributed by atoms with Crippen LogP contribution in [0.15, 0.2) is 0 Å². The van der Waals surface area contributed by atoms with Gasteiger partial charge in [0.05, 0.1) is 31.3 Å². The van der Waals surface area contributed by atoms with E-state index >= 15 is 0 Å². The molecule has 8 heteroatoms. The summed E-state index contributed by atoms with van der Waals surface area (Å²) in [5.41, 5.74) is 0. The molecule has 0 radical (unpaired) electrons. The topological polar surface area (TPSA) is 83.1 Å². The second kappa shape index (κ2) is 14.0. The molecular formula is C24H46N4O4. The van der Waals surface area contributed by atoms with Crippen LogP contribution in [0, 0.1) is 11.8 Å². The maximum atomic E-state index is 12.2. The van der Waals surface area contributed by atoms with Gasteiger partial charge in [0.15, 0.2) is 0 Å². The Kier molecular flexibility index (Phi) is 11.8. The van der Waals surface area contributed by atoms with E-state index in [4.69, 9.17) is 9.47 Å². The van der Waals surface area contributed by atoms with Gasteiger partial charge in [-0.1, -0.05) is 20.3 Å². The molecule has 32 heavy (non-hydrogen) atoms. The van der Waals surface area contributed by atoms with Crippen molar-refractivity contribution < 1.29 is 19.1 Å². The van der Waals surface area contributed by atoms with Gasteiger partial charge in [0.1, 0.15) is 0 Å². The first-order valence-corrected chi connectivity index (χ1v) is 12.5. The Morgan fingerprint density at radius 3 is 2.53 bits per heavy atom. The van der Waals surface area contributed by atoms with Crippen molar-refractivity contribution >= 4 is 12.5 Å². The molecule has 0 bridgehead atoms. The monoisotopic (exact) mass is 454 g/mol. The second-order valence-corrected chi connectivity index (χ2v) is 9.42. The molecule has 186 valence electrons. The second-order valence-electron chi connectivity index (χ2n) is 9.42. The van der Waals surface area contributed by atoms with Crippen LogP contribution in [0.1, 0.15) is 59.3 Å². The van der Waals surface area contributed by atoms with Gasteiger partial charge in [-0.2, -0.15) is 0 Å². The van der Waals surface area contributed by atoms with Gasteiger partial charge in [0.25, 0.3) is 0 Å². The van der Waals surface area contributed by atoms with Crippen LogP contribution >= 0.6 is 0 Å². The number of ether oxygens (including phenoxy) is 2. The Morgan fingerprint density at radius 2 is 2.00 bits per heavy atom. The van der Waals surface area contributed by atoms with E-state index in [1.165, 1.54) is 26.5 Å². The summed E-state index contributed by atoms with van der Waals surface area (Å²) in [5.74, 6) is 1.23. The van der Waals surface area contributed by atoms with E-state index < -0.39 is 0 Å². The molecule has 3 aliphatic rings. The van der Waals surface area contributed by atoms with Gasteiger partial charge in [-0.25, -0.2) is 4.79 Å². The lowest BCUT2D eigenvalue weighted by atomic mass is 9.73.